The molecule has 39 heavy (non-hydrogen) atoms. The Labute approximate surface area is 220 Å². The number of aromatic nitrogens is 6. The fourth-order valence-corrected chi connectivity index (χ4v) is 5.55. The zero-order chi connectivity index (χ0) is 28.1. The third kappa shape index (κ3) is 4.05. The predicted molar refractivity (Wildman–Crippen MR) is 137 cm³/mol. The van der Waals surface area contributed by atoms with Gasteiger partial charge in [-0.15, -0.1) is 0 Å². The molecule has 0 bridgehead atoms. The molecule has 15 heteroatoms. The third-order valence-corrected chi connectivity index (χ3v) is 7.69. The lowest BCUT2D eigenvalue weighted by molar-refractivity contribution is 0.0437. The maximum Gasteiger partial charge on any atom is 0.350 e. The van der Waals surface area contributed by atoms with E-state index in [0.29, 0.717) is 5.57 Å². The quantitative estimate of drug-likeness (QED) is 0.159. The first kappa shape index (κ1) is 26.1. The Morgan fingerprint density at radius 2 is 2.03 bits per heavy atom. The third-order valence-electron chi connectivity index (χ3n) is 7.69. The minimum atomic E-state index is -1.56. The second-order valence-corrected chi connectivity index (χ2v) is 9.69. The summed E-state index contributed by atoms with van der Waals surface area (Å²) < 4.78 is 8.95. The van der Waals surface area contributed by atoms with Crippen LogP contribution in [0, 0.1) is 22.7 Å². The number of nitrogen functional groups attached to an aromatic ring is 2. The van der Waals surface area contributed by atoms with Gasteiger partial charge in [-0.25, -0.2) is 9.78 Å². The number of nitriles is 1. The SMILES string of the molecule is C=C1[C@@H](n2ccc(N)nc2=O)C[C@H](O/C=C2\[C@H](CO)[C@@H](O)C[C@@H]2n2cnc3c(=O)[nH]c(N)nc32)[C@@]1(C#N)CO. The number of nitrogens with one attached hydrogen (secondary N) is 1. The molecule has 2 saturated carbocycles. The number of nitrogens with two attached hydrogens (primary N) is 2. The van der Waals surface area contributed by atoms with E-state index in [2.05, 4.69) is 32.6 Å². The van der Waals surface area contributed by atoms with Gasteiger partial charge in [0, 0.05) is 18.5 Å². The number of fused-ring (bicyclic) bond motifs is 1. The van der Waals surface area contributed by atoms with Gasteiger partial charge in [0.1, 0.15) is 17.3 Å². The highest BCUT2D eigenvalue weighted by molar-refractivity contribution is 5.71. The number of hydrogen-bond acceptors (Lipinski definition) is 12. The molecule has 0 unspecified atom stereocenters. The van der Waals surface area contributed by atoms with Crippen LogP contribution in [0.15, 0.2) is 52.2 Å². The van der Waals surface area contributed by atoms with Crippen LogP contribution < -0.4 is 22.7 Å². The highest BCUT2D eigenvalue weighted by Crippen LogP contribution is 2.50. The number of aliphatic hydroxyl groups excluding tert-OH is 3. The van der Waals surface area contributed by atoms with E-state index in [1.165, 1.54) is 29.4 Å². The number of imidazole rings is 1. The summed E-state index contributed by atoms with van der Waals surface area (Å²) in [5.74, 6) is -0.808. The van der Waals surface area contributed by atoms with Gasteiger partial charge < -0.3 is 36.1 Å². The molecule has 8 N–H and O–H groups in total. The Balaban J connectivity index is 1.54. The van der Waals surface area contributed by atoms with Gasteiger partial charge in [-0.2, -0.15) is 15.2 Å². The first-order valence-electron chi connectivity index (χ1n) is 12.1. The highest BCUT2D eigenvalue weighted by Gasteiger charge is 2.53. The van der Waals surface area contributed by atoms with E-state index >= 15 is 0 Å². The Kier molecular flexibility index (Phi) is 6.46. The number of H-pyrrole nitrogens is 1. The van der Waals surface area contributed by atoms with Crippen LogP contribution >= 0.6 is 0 Å². The number of hydrogen-bond donors (Lipinski definition) is 6. The molecule has 0 aliphatic heterocycles. The van der Waals surface area contributed by atoms with Gasteiger partial charge in [0.15, 0.2) is 11.2 Å². The number of ether oxygens (including phenoxy) is 1. The summed E-state index contributed by atoms with van der Waals surface area (Å²) >= 11 is 0. The van der Waals surface area contributed by atoms with Crippen molar-refractivity contribution in [1.82, 2.24) is 29.1 Å². The Morgan fingerprint density at radius 3 is 2.69 bits per heavy atom. The van der Waals surface area contributed by atoms with Crippen LogP contribution in [0.2, 0.25) is 0 Å². The second kappa shape index (κ2) is 9.66. The zero-order valence-electron chi connectivity index (χ0n) is 20.6. The van der Waals surface area contributed by atoms with Crippen molar-refractivity contribution < 1.29 is 20.1 Å². The molecule has 3 heterocycles. The van der Waals surface area contributed by atoms with Crippen LogP contribution in [-0.4, -0.2) is 69.8 Å². The first-order chi connectivity index (χ1) is 18.6. The molecule has 0 saturated heterocycles. The lowest BCUT2D eigenvalue weighted by Crippen LogP contribution is -2.35. The topological polar surface area (TPSA) is 244 Å². The predicted octanol–water partition coefficient (Wildman–Crippen LogP) is -1.27. The first-order valence-corrected chi connectivity index (χ1v) is 12.1. The van der Waals surface area contributed by atoms with Gasteiger partial charge in [-0.05, 0) is 23.6 Å². The molecule has 5 rings (SSSR count). The zero-order valence-corrected chi connectivity index (χ0v) is 20.6. The van der Waals surface area contributed by atoms with Crippen LogP contribution in [0.25, 0.3) is 11.2 Å². The van der Waals surface area contributed by atoms with E-state index in [9.17, 15) is 30.2 Å². The monoisotopic (exact) mass is 537 g/mol. The van der Waals surface area contributed by atoms with Crippen LogP contribution in [0.5, 0.6) is 0 Å². The molecule has 2 aliphatic rings. The Bertz CT molecular complexity index is 1640. The second-order valence-electron chi connectivity index (χ2n) is 9.69. The number of anilines is 2. The van der Waals surface area contributed by atoms with E-state index in [1.807, 2.05) is 0 Å². The fraction of sp³-hybridized carbons (Fsp3) is 0.417. The molecule has 0 spiro atoms. The van der Waals surface area contributed by atoms with E-state index in [-0.39, 0.29) is 41.3 Å². The molecule has 0 aromatic carbocycles. The van der Waals surface area contributed by atoms with E-state index < -0.39 is 60.1 Å². The van der Waals surface area contributed by atoms with Crippen molar-refractivity contribution in [3.05, 3.63) is 63.4 Å². The molecule has 15 nitrogen and oxygen atoms in total. The molecule has 2 aliphatic carbocycles. The van der Waals surface area contributed by atoms with Crippen LogP contribution in [0.1, 0.15) is 24.9 Å². The standard InChI is InChI=1S/C24H27N9O6/c1-11-14(32-3-2-18(26)29-23(32)38)5-17(24(11,8-25)9-35)39-7-13-12(6-34)16(36)4-15(13)33-10-28-19-20(33)30-22(27)31-21(19)37/h2-3,7,10,12,14-17,34-36H,1,4-6,9H2,(H2,26,29,38)(H3,27,30,31,37)/b13-7+/t12-,14-,15-,16-,17-,24-/m0/s1. The lowest BCUT2D eigenvalue weighted by atomic mass is 9.83. The number of aromatic amines is 1. The molecule has 0 radical (unpaired) electrons. The van der Waals surface area contributed by atoms with Gasteiger partial charge in [0.25, 0.3) is 5.56 Å². The van der Waals surface area contributed by atoms with Crippen molar-refractivity contribution in [1.29, 1.82) is 5.26 Å². The van der Waals surface area contributed by atoms with Crippen molar-refractivity contribution in [2.24, 2.45) is 11.3 Å². The van der Waals surface area contributed by atoms with Crippen LogP contribution in [0.3, 0.4) is 0 Å². The summed E-state index contributed by atoms with van der Waals surface area (Å²) in [6.45, 7) is 2.96. The summed E-state index contributed by atoms with van der Waals surface area (Å²) in [6, 6.07) is 2.21. The summed E-state index contributed by atoms with van der Waals surface area (Å²) in [7, 11) is 0. The van der Waals surface area contributed by atoms with E-state index in [0.717, 1.165) is 0 Å². The molecule has 3 aromatic rings. The Hall–Kier alpha value is -4.52. The molecular weight excluding hydrogens is 510 g/mol. The minimum Gasteiger partial charge on any atom is -0.496 e. The molecule has 0 amide bonds. The average Bonchev–Trinajstić information content (AvgIpc) is 3.54. The fourth-order valence-electron chi connectivity index (χ4n) is 5.55. The van der Waals surface area contributed by atoms with Crippen LogP contribution in [-0.2, 0) is 4.74 Å². The van der Waals surface area contributed by atoms with Crippen molar-refractivity contribution in [3.63, 3.8) is 0 Å². The van der Waals surface area contributed by atoms with Gasteiger partial charge in [0.2, 0.25) is 5.95 Å². The highest BCUT2D eigenvalue weighted by atomic mass is 16.5. The largest absolute Gasteiger partial charge is 0.496 e. The summed E-state index contributed by atoms with van der Waals surface area (Å²) in [5, 5.41) is 41.2. The summed E-state index contributed by atoms with van der Waals surface area (Å²) in [5.41, 5.74) is 9.56. The van der Waals surface area contributed by atoms with Gasteiger partial charge in [-0.3, -0.25) is 14.3 Å². The van der Waals surface area contributed by atoms with Crippen molar-refractivity contribution in [2.45, 2.75) is 37.1 Å². The minimum absolute atomic E-state index is 0.0391. The van der Waals surface area contributed by atoms with Gasteiger partial charge in [0.05, 0.1) is 50.1 Å². The average molecular weight is 538 g/mol. The van der Waals surface area contributed by atoms with Crippen molar-refractivity contribution in [2.75, 3.05) is 24.7 Å². The summed E-state index contributed by atoms with van der Waals surface area (Å²) in [6.07, 6.45) is 2.51. The van der Waals surface area contributed by atoms with Gasteiger partial charge >= 0.3 is 5.69 Å². The molecule has 6 atom stereocenters. The number of aliphatic hydroxyl groups is 3. The lowest BCUT2D eigenvalue weighted by Gasteiger charge is -2.27. The van der Waals surface area contributed by atoms with E-state index in [1.54, 1.807) is 4.57 Å². The van der Waals surface area contributed by atoms with Gasteiger partial charge in [-0.1, -0.05) is 6.58 Å². The van der Waals surface area contributed by atoms with Crippen LogP contribution in [0.4, 0.5) is 11.8 Å². The number of nitrogens with zero attached hydrogens (tertiary/aromatic N) is 6. The molecule has 204 valence electrons. The molecule has 3 aromatic heterocycles. The number of rotatable bonds is 6. The van der Waals surface area contributed by atoms with Crippen molar-refractivity contribution in [3.8, 4) is 6.07 Å². The molecular formula is C24H27N9O6. The van der Waals surface area contributed by atoms with Crippen molar-refractivity contribution >= 4 is 22.9 Å². The maximum absolute atomic E-state index is 12.5. The smallest absolute Gasteiger partial charge is 0.350 e. The normalized spacial score (nSPS) is 29.7. The maximum atomic E-state index is 12.5. The molecule has 2 fully saturated rings. The summed E-state index contributed by atoms with van der Waals surface area (Å²) in [4.78, 5) is 39.2. The Morgan fingerprint density at radius 1 is 1.26 bits per heavy atom. The van der Waals surface area contributed by atoms with E-state index in [4.69, 9.17) is 16.2 Å².